The molecule has 2 bridgehead atoms. The lowest BCUT2D eigenvalue weighted by molar-refractivity contribution is -0.163. The molecular formula is C16H30O5Si. The summed E-state index contributed by atoms with van der Waals surface area (Å²) < 4.78 is 17.8. The number of aliphatic hydroxyl groups excluding tert-OH is 1. The molecule has 2 heterocycles. The predicted molar refractivity (Wildman–Crippen MR) is 86.1 cm³/mol. The number of fused-ring (bicyclic) bond motifs is 2. The van der Waals surface area contributed by atoms with Crippen molar-refractivity contribution >= 4 is 14.3 Å². The molecular weight excluding hydrogens is 300 g/mol. The average molecular weight is 330 g/mol. The van der Waals surface area contributed by atoms with E-state index in [1.54, 1.807) is 0 Å². The molecule has 0 aromatic carbocycles. The standard InChI is InChI=1S/C16H30O5Si/c1-10-12-8-13(21-22(6,7)15(3,4)5)16(20-12,14(10)18)9-19-11(2)17/h10,12-14,18H,8-9H2,1-7H3/t10-,12+,13+,14+,16-/m1/s1. The molecule has 0 aliphatic carbocycles. The van der Waals surface area contributed by atoms with Crippen molar-refractivity contribution in [3.8, 4) is 0 Å². The number of esters is 1. The van der Waals surface area contributed by atoms with E-state index in [0.29, 0.717) is 0 Å². The van der Waals surface area contributed by atoms with Crippen molar-refractivity contribution in [1.29, 1.82) is 0 Å². The van der Waals surface area contributed by atoms with Crippen LogP contribution in [0.25, 0.3) is 0 Å². The second kappa shape index (κ2) is 5.58. The quantitative estimate of drug-likeness (QED) is 0.634. The lowest BCUT2D eigenvalue weighted by Crippen LogP contribution is -2.59. The minimum atomic E-state index is -1.99. The van der Waals surface area contributed by atoms with Gasteiger partial charge in [0.15, 0.2) is 13.9 Å². The number of carbonyl (C=O) groups excluding carboxylic acids is 1. The first kappa shape index (κ1) is 17.9. The van der Waals surface area contributed by atoms with Gasteiger partial charge in [0.05, 0.1) is 18.3 Å². The van der Waals surface area contributed by atoms with Gasteiger partial charge in [-0.2, -0.15) is 0 Å². The van der Waals surface area contributed by atoms with Gasteiger partial charge < -0.3 is 19.0 Å². The number of aliphatic hydroxyl groups is 1. The van der Waals surface area contributed by atoms with Crippen LogP contribution in [0.2, 0.25) is 18.1 Å². The van der Waals surface area contributed by atoms with Gasteiger partial charge in [-0.05, 0) is 18.1 Å². The van der Waals surface area contributed by atoms with Crippen LogP contribution in [0.5, 0.6) is 0 Å². The van der Waals surface area contributed by atoms with Gasteiger partial charge in [-0.3, -0.25) is 4.79 Å². The fourth-order valence-electron chi connectivity index (χ4n) is 3.15. The highest BCUT2D eigenvalue weighted by Crippen LogP contribution is 2.51. The highest BCUT2D eigenvalue weighted by molar-refractivity contribution is 6.74. The van der Waals surface area contributed by atoms with Crippen LogP contribution in [0.3, 0.4) is 0 Å². The summed E-state index contributed by atoms with van der Waals surface area (Å²) in [7, 11) is -1.99. The molecule has 2 fully saturated rings. The third-order valence-electron chi connectivity index (χ3n) is 5.69. The summed E-state index contributed by atoms with van der Waals surface area (Å²) >= 11 is 0. The first-order valence-electron chi connectivity index (χ1n) is 8.08. The molecule has 0 spiro atoms. The molecule has 0 radical (unpaired) electrons. The fourth-order valence-corrected chi connectivity index (χ4v) is 4.51. The van der Waals surface area contributed by atoms with Crippen LogP contribution in [0, 0.1) is 5.92 Å². The molecule has 0 saturated carbocycles. The monoisotopic (exact) mass is 330 g/mol. The van der Waals surface area contributed by atoms with Gasteiger partial charge in [-0.15, -0.1) is 0 Å². The molecule has 2 rings (SSSR count). The van der Waals surface area contributed by atoms with Crippen molar-refractivity contribution in [2.24, 2.45) is 5.92 Å². The maximum atomic E-state index is 11.2. The Morgan fingerprint density at radius 1 is 1.41 bits per heavy atom. The smallest absolute Gasteiger partial charge is 0.302 e. The Bertz CT molecular complexity index is 444. The van der Waals surface area contributed by atoms with Crippen LogP contribution in [0.15, 0.2) is 0 Å². The molecule has 5 atom stereocenters. The second-order valence-corrected chi connectivity index (χ2v) is 13.1. The van der Waals surface area contributed by atoms with Crippen molar-refractivity contribution in [3.05, 3.63) is 0 Å². The summed E-state index contributed by atoms with van der Waals surface area (Å²) in [4.78, 5) is 11.2. The van der Waals surface area contributed by atoms with E-state index in [4.69, 9.17) is 13.9 Å². The van der Waals surface area contributed by atoms with Gasteiger partial charge in [0, 0.05) is 19.3 Å². The van der Waals surface area contributed by atoms with Crippen LogP contribution in [0.1, 0.15) is 41.0 Å². The van der Waals surface area contributed by atoms with Crippen molar-refractivity contribution in [2.45, 2.75) is 83.1 Å². The Morgan fingerprint density at radius 3 is 2.45 bits per heavy atom. The molecule has 2 aliphatic heterocycles. The van der Waals surface area contributed by atoms with E-state index >= 15 is 0 Å². The summed E-state index contributed by atoms with van der Waals surface area (Å²) in [5, 5.41) is 10.7. The number of rotatable bonds is 4. The molecule has 2 saturated heterocycles. The van der Waals surface area contributed by atoms with Crippen LogP contribution in [0.4, 0.5) is 0 Å². The van der Waals surface area contributed by atoms with Gasteiger partial charge in [-0.1, -0.05) is 27.7 Å². The van der Waals surface area contributed by atoms with Crippen molar-refractivity contribution in [3.63, 3.8) is 0 Å². The molecule has 22 heavy (non-hydrogen) atoms. The summed E-state index contributed by atoms with van der Waals surface area (Å²) in [5.41, 5.74) is -0.911. The van der Waals surface area contributed by atoms with Gasteiger partial charge in [0.2, 0.25) is 0 Å². The number of hydrogen-bond donors (Lipinski definition) is 1. The Hall–Kier alpha value is -0.433. The highest BCUT2D eigenvalue weighted by atomic mass is 28.4. The third-order valence-corrected chi connectivity index (χ3v) is 10.2. The molecule has 0 unspecified atom stereocenters. The molecule has 1 N–H and O–H groups in total. The molecule has 128 valence electrons. The Labute approximate surface area is 134 Å². The zero-order valence-corrected chi connectivity index (χ0v) is 15.8. The minimum Gasteiger partial charge on any atom is -0.463 e. The van der Waals surface area contributed by atoms with Crippen LogP contribution in [-0.2, 0) is 18.7 Å². The van der Waals surface area contributed by atoms with Gasteiger partial charge in [0.1, 0.15) is 6.61 Å². The fraction of sp³-hybridized carbons (Fsp3) is 0.938. The lowest BCUT2D eigenvalue weighted by atomic mass is 9.78. The van der Waals surface area contributed by atoms with E-state index in [-0.39, 0.29) is 35.7 Å². The van der Waals surface area contributed by atoms with Crippen molar-refractivity contribution < 1.29 is 23.8 Å². The summed E-state index contributed by atoms with van der Waals surface area (Å²) in [6, 6.07) is 0. The number of hydrogen-bond acceptors (Lipinski definition) is 5. The first-order chi connectivity index (χ1) is 9.91. The lowest BCUT2D eigenvalue weighted by Gasteiger charge is -2.44. The summed E-state index contributed by atoms with van der Waals surface area (Å²) in [5.74, 6) is -0.325. The normalized spacial score (nSPS) is 38.4. The topological polar surface area (TPSA) is 65.0 Å². The van der Waals surface area contributed by atoms with E-state index in [9.17, 15) is 9.90 Å². The molecule has 2 aliphatic rings. The third kappa shape index (κ3) is 2.86. The molecule has 0 amide bonds. The zero-order valence-electron chi connectivity index (χ0n) is 14.8. The minimum absolute atomic E-state index is 0.0275. The van der Waals surface area contributed by atoms with E-state index in [2.05, 4.69) is 33.9 Å². The summed E-state index contributed by atoms with van der Waals surface area (Å²) in [6.07, 6.45) is -0.156. The maximum absolute atomic E-state index is 11.2. The van der Waals surface area contributed by atoms with Crippen molar-refractivity contribution in [2.75, 3.05) is 6.61 Å². The average Bonchev–Trinajstić information content (AvgIpc) is 2.82. The number of carbonyl (C=O) groups is 1. The van der Waals surface area contributed by atoms with Gasteiger partial charge in [-0.25, -0.2) is 0 Å². The predicted octanol–water partition coefficient (Wildman–Crippen LogP) is 2.48. The van der Waals surface area contributed by atoms with E-state index < -0.39 is 20.0 Å². The van der Waals surface area contributed by atoms with Crippen LogP contribution < -0.4 is 0 Å². The molecule has 0 aromatic heterocycles. The van der Waals surface area contributed by atoms with Gasteiger partial charge in [0.25, 0.3) is 0 Å². The molecule has 5 nitrogen and oxygen atoms in total. The number of ether oxygens (including phenoxy) is 2. The maximum Gasteiger partial charge on any atom is 0.302 e. The Balaban J connectivity index is 2.22. The zero-order chi connectivity index (χ0) is 16.9. The van der Waals surface area contributed by atoms with Gasteiger partial charge >= 0.3 is 5.97 Å². The first-order valence-corrected chi connectivity index (χ1v) is 11.0. The largest absolute Gasteiger partial charge is 0.463 e. The van der Waals surface area contributed by atoms with E-state index in [1.165, 1.54) is 6.92 Å². The Kier molecular flexibility index (Phi) is 4.54. The summed E-state index contributed by atoms with van der Waals surface area (Å²) in [6.45, 7) is 14.3. The Morgan fingerprint density at radius 2 is 2.00 bits per heavy atom. The van der Waals surface area contributed by atoms with Crippen molar-refractivity contribution in [1.82, 2.24) is 0 Å². The highest BCUT2D eigenvalue weighted by Gasteiger charge is 2.65. The SMILES string of the molecule is CC(=O)OC[C@@]12O[C@@H](C[C@@H]1O[Si](C)(C)C(C)(C)C)[C@@H](C)[C@@H]2O. The molecule has 6 heteroatoms. The van der Waals surface area contributed by atoms with Crippen LogP contribution in [-0.4, -0.2) is 49.9 Å². The second-order valence-electron chi connectivity index (χ2n) is 8.30. The van der Waals surface area contributed by atoms with E-state index in [0.717, 1.165) is 6.42 Å². The van der Waals surface area contributed by atoms with E-state index in [1.807, 2.05) is 6.92 Å². The molecule has 0 aromatic rings. The van der Waals surface area contributed by atoms with Crippen LogP contribution >= 0.6 is 0 Å².